The van der Waals surface area contributed by atoms with E-state index in [4.69, 9.17) is 33.2 Å². The largest absolute Gasteiger partial charge is 0.492 e. The lowest BCUT2D eigenvalue weighted by Gasteiger charge is -2.09. The van der Waals surface area contributed by atoms with Gasteiger partial charge < -0.3 is 10.1 Å². The van der Waals surface area contributed by atoms with Crippen molar-refractivity contribution in [1.82, 2.24) is 9.97 Å². The van der Waals surface area contributed by atoms with Crippen molar-refractivity contribution in [2.75, 3.05) is 18.5 Å². The van der Waals surface area contributed by atoms with Crippen LogP contribution >= 0.6 is 23.2 Å². The first kappa shape index (κ1) is 15.4. The number of nitrogens with one attached hydrogen (secondary N) is 1. The highest BCUT2D eigenvalue weighted by Crippen LogP contribution is 2.27. The Kier molecular flexibility index (Phi) is 5.61. The van der Waals surface area contributed by atoms with Gasteiger partial charge in [-0.3, -0.25) is 0 Å². The van der Waals surface area contributed by atoms with Crippen LogP contribution in [0.25, 0.3) is 0 Å². The predicted molar refractivity (Wildman–Crippen MR) is 81.8 cm³/mol. The van der Waals surface area contributed by atoms with Gasteiger partial charge in [-0.1, -0.05) is 23.2 Å². The second-order valence-electron chi connectivity index (χ2n) is 4.07. The number of nitriles is 1. The summed E-state index contributed by atoms with van der Waals surface area (Å²) in [7, 11) is 0. The molecule has 108 valence electrons. The van der Waals surface area contributed by atoms with Gasteiger partial charge in [-0.25, -0.2) is 9.97 Å². The van der Waals surface area contributed by atoms with Crippen molar-refractivity contribution in [3.05, 3.63) is 46.3 Å². The summed E-state index contributed by atoms with van der Waals surface area (Å²) in [5.41, 5.74) is 0.277. The van der Waals surface area contributed by atoms with Gasteiger partial charge in [0.15, 0.2) is 11.5 Å². The lowest BCUT2D eigenvalue weighted by molar-refractivity contribution is 0.315. The Labute approximate surface area is 132 Å². The molecule has 0 fully saturated rings. The van der Waals surface area contributed by atoms with Crippen molar-refractivity contribution in [2.45, 2.75) is 6.42 Å². The second-order valence-corrected chi connectivity index (χ2v) is 4.91. The number of halogens is 2. The van der Waals surface area contributed by atoms with Gasteiger partial charge in [-0.05, 0) is 24.6 Å². The molecule has 5 nitrogen and oxygen atoms in total. The third-order valence-corrected chi connectivity index (χ3v) is 3.10. The van der Waals surface area contributed by atoms with E-state index in [0.717, 1.165) is 6.42 Å². The summed E-state index contributed by atoms with van der Waals surface area (Å²) in [4.78, 5) is 7.97. The molecule has 1 aromatic heterocycles. The van der Waals surface area contributed by atoms with Crippen molar-refractivity contribution in [2.24, 2.45) is 0 Å². The van der Waals surface area contributed by atoms with Gasteiger partial charge in [0.05, 0.1) is 11.6 Å². The number of hydrogen-bond acceptors (Lipinski definition) is 5. The van der Waals surface area contributed by atoms with E-state index in [1.807, 2.05) is 6.07 Å². The third-order valence-electron chi connectivity index (χ3n) is 2.57. The van der Waals surface area contributed by atoms with E-state index >= 15 is 0 Å². The first-order chi connectivity index (χ1) is 10.2. The zero-order valence-electron chi connectivity index (χ0n) is 11.0. The van der Waals surface area contributed by atoms with Crippen LogP contribution < -0.4 is 10.1 Å². The molecule has 0 aliphatic heterocycles. The van der Waals surface area contributed by atoms with Crippen LogP contribution in [0.2, 0.25) is 10.0 Å². The van der Waals surface area contributed by atoms with Gasteiger partial charge in [0.2, 0.25) is 0 Å². The quantitative estimate of drug-likeness (QED) is 0.823. The lowest BCUT2D eigenvalue weighted by Crippen LogP contribution is -2.10. The minimum atomic E-state index is 0.277. The van der Waals surface area contributed by atoms with Crippen LogP contribution in [0.3, 0.4) is 0 Å². The zero-order chi connectivity index (χ0) is 15.1. The fraction of sp³-hybridized carbons (Fsp3) is 0.214. The molecule has 2 rings (SSSR count). The van der Waals surface area contributed by atoms with E-state index in [-0.39, 0.29) is 5.69 Å². The molecule has 2 aromatic rings. The molecular formula is C14H12Cl2N4O. The number of benzene rings is 1. The van der Waals surface area contributed by atoms with Crippen molar-refractivity contribution >= 4 is 29.0 Å². The SMILES string of the molecule is N#Cc1nccnc1NCCCOc1ccc(Cl)cc1Cl. The molecular weight excluding hydrogens is 311 g/mol. The maximum Gasteiger partial charge on any atom is 0.182 e. The Hall–Kier alpha value is -2.03. The molecule has 0 radical (unpaired) electrons. The summed E-state index contributed by atoms with van der Waals surface area (Å²) in [6, 6.07) is 7.06. The first-order valence-corrected chi connectivity index (χ1v) is 6.99. The fourth-order valence-electron chi connectivity index (χ4n) is 1.60. The van der Waals surface area contributed by atoms with E-state index in [1.54, 1.807) is 18.2 Å². The topological polar surface area (TPSA) is 70.8 Å². The van der Waals surface area contributed by atoms with Crippen LogP contribution in [0.4, 0.5) is 5.82 Å². The number of rotatable bonds is 6. The van der Waals surface area contributed by atoms with Crippen LogP contribution in [0.15, 0.2) is 30.6 Å². The molecule has 0 unspecified atom stereocenters. The summed E-state index contributed by atoms with van der Waals surface area (Å²) < 4.78 is 5.55. The average Bonchev–Trinajstić information content (AvgIpc) is 2.49. The van der Waals surface area contributed by atoms with Crippen molar-refractivity contribution in [3.63, 3.8) is 0 Å². The minimum Gasteiger partial charge on any atom is -0.492 e. The summed E-state index contributed by atoms with van der Waals surface area (Å²) in [6.07, 6.45) is 3.74. The standard InChI is InChI=1S/C14H12Cl2N4O/c15-10-2-3-13(11(16)8-10)21-7-1-4-19-14-12(9-17)18-5-6-20-14/h2-3,5-6,8H,1,4,7H2,(H,19,20). The van der Waals surface area contributed by atoms with Crippen LogP contribution in [-0.2, 0) is 0 Å². The summed E-state index contributed by atoms with van der Waals surface area (Å²) in [5.74, 6) is 1.07. The van der Waals surface area contributed by atoms with Gasteiger partial charge in [0.1, 0.15) is 11.8 Å². The highest BCUT2D eigenvalue weighted by Gasteiger charge is 2.04. The van der Waals surface area contributed by atoms with Crippen LogP contribution in [-0.4, -0.2) is 23.1 Å². The smallest absolute Gasteiger partial charge is 0.182 e. The maximum atomic E-state index is 8.88. The van der Waals surface area contributed by atoms with Crippen LogP contribution in [0, 0.1) is 11.3 Å². The molecule has 0 saturated carbocycles. The molecule has 0 spiro atoms. The molecule has 21 heavy (non-hydrogen) atoms. The van der Waals surface area contributed by atoms with Crippen molar-refractivity contribution < 1.29 is 4.74 Å². The Morgan fingerprint density at radius 1 is 1.24 bits per heavy atom. The highest BCUT2D eigenvalue weighted by molar-refractivity contribution is 6.35. The zero-order valence-corrected chi connectivity index (χ0v) is 12.5. The Morgan fingerprint density at radius 2 is 2.05 bits per heavy atom. The molecule has 7 heteroatoms. The molecule has 0 bridgehead atoms. The van der Waals surface area contributed by atoms with Crippen LogP contribution in [0.1, 0.15) is 12.1 Å². The highest BCUT2D eigenvalue weighted by atomic mass is 35.5. The monoisotopic (exact) mass is 322 g/mol. The number of anilines is 1. The lowest BCUT2D eigenvalue weighted by atomic mass is 10.3. The van der Waals surface area contributed by atoms with Crippen molar-refractivity contribution in [1.29, 1.82) is 5.26 Å². The predicted octanol–water partition coefficient (Wildman–Crippen LogP) is 3.54. The number of ether oxygens (including phenoxy) is 1. The molecule has 1 aromatic carbocycles. The van der Waals surface area contributed by atoms with E-state index in [1.165, 1.54) is 12.4 Å². The van der Waals surface area contributed by atoms with Gasteiger partial charge >= 0.3 is 0 Å². The summed E-state index contributed by atoms with van der Waals surface area (Å²) >= 11 is 11.8. The summed E-state index contributed by atoms with van der Waals surface area (Å²) in [5, 5.41) is 13.0. The van der Waals surface area contributed by atoms with Gasteiger partial charge in [0.25, 0.3) is 0 Å². The molecule has 0 saturated heterocycles. The number of nitrogens with zero attached hydrogens (tertiary/aromatic N) is 3. The summed E-state index contributed by atoms with van der Waals surface area (Å²) in [6.45, 7) is 1.09. The Bertz CT molecular complexity index is 658. The Morgan fingerprint density at radius 3 is 2.81 bits per heavy atom. The molecule has 1 heterocycles. The van der Waals surface area contributed by atoms with Gasteiger partial charge in [-0.15, -0.1) is 0 Å². The van der Waals surface area contributed by atoms with Crippen molar-refractivity contribution in [3.8, 4) is 11.8 Å². The van der Waals surface area contributed by atoms with E-state index < -0.39 is 0 Å². The molecule has 0 atom stereocenters. The fourth-order valence-corrected chi connectivity index (χ4v) is 2.07. The first-order valence-electron chi connectivity index (χ1n) is 6.23. The van der Waals surface area contributed by atoms with Gasteiger partial charge in [0, 0.05) is 24.0 Å². The molecule has 0 aliphatic rings. The third kappa shape index (κ3) is 4.48. The van der Waals surface area contributed by atoms with E-state index in [2.05, 4.69) is 15.3 Å². The normalized spacial score (nSPS) is 9.95. The number of aromatic nitrogens is 2. The van der Waals surface area contributed by atoms with E-state index in [0.29, 0.717) is 34.8 Å². The Balaban J connectivity index is 1.76. The van der Waals surface area contributed by atoms with Gasteiger partial charge in [-0.2, -0.15) is 5.26 Å². The maximum absolute atomic E-state index is 8.88. The molecule has 0 amide bonds. The average molecular weight is 323 g/mol. The van der Waals surface area contributed by atoms with E-state index in [9.17, 15) is 0 Å². The molecule has 0 aliphatic carbocycles. The number of hydrogen-bond donors (Lipinski definition) is 1. The second kappa shape index (κ2) is 7.67. The van der Waals surface area contributed by atoms with Crippen LogP contribution in [0.5, 0.6) is 5.75 Å². The minimum absolute atomic E-state index is 0.277. The molecule has 1 N–H and O–H groups in total.